The molecule has 0 unspecified atom stereocenters. The van der Waals surface area contributed by atoms with Crippen LogP contribution in [0.4, 0.5) is 17.1 Å². The van der Waals surface area contributed by atoms with Crippen LogP contribution < -0.4 is 24.7 Å². The number of nitrogens with two attached hydrogens (primary N) is 1. The van der Waals surface area contributed by atoms with Crippen LogP contribution in [0.25, 0.3) is 50.6 Å². The average Bonchev–Trinajstić information content (AvgIpc) is 1.65. The summed E-state index contributed by atoms with van der Waals surface area (Å²) < 4.78 is 46.9. The fourth-order valence-electron chi connectivity index (χ4n) is 11.7. The molecule has 1 aliphatic rings. The number of benzene rings is 8. The molecule has 0 amide bonds. The summed E-state index contributed by atoms with van der Waals surface area (Å²) in [6.07, 6.45) is 17.6. The Labute approximate surface area is 731 Å². The van der Waals surface area contributed by atoms with E-state index in [1.807, 2.05) is 133 Å². The predicted octanol–water partition coefficient (Wildman–Crippen LogP) is 12.9. The molecule has 8 heterocycles. The third kappa shape index (κ3) is 27.7. The summed E-state index contributed by atoms with van der Waals surface area (Å²) in [6.45, 7) is 11.4. The van der Waals surface area contributed by atoms with Gasteiger partial charge in [-0.05, 0) is 159 Å². The lowest BCUT2D eigenvalue weighted by Gasteiger charge is -2.07. The van der Waals surface area contributed by atoms with Gasteiger partial charge in [0.1, 0.15) is 98.0 Å². The zero-order chi connectivity index (χ0) is 88.9. The van der Waals surface area contributed by atoms with Crippen molar-refractivity contribution in [2.75, 3.05) is 87.0 Å². The number of nitro benzene ring substituents is 2. The van der Waals surface area contributed by atoms with Crippen molar-refractivity contribution in [3.05, 3.63) is 327 Å². The maximum absolute atomic E-state index is 11.7. The predicted molar refractivity (Wildman–Crippen MR) is 470 cm³/mol. The second kappa shape index (κ2) is 47.4. The van der Waals surface area contributed by atoms with Gasteiger partial charge in [0, 0.05) is 113 Å². The number of carbonyl (C=O) groups excluding carboxylic acids is 2. The van der Waals surface area contributed by atoms with Crippen LogP contribution in [-0.2, 0) is 67.2 Å². The van der Waals surface area contributed by atoms with E-state index in [2.05, 4.69) is 93.3 Å². The van der Waals surface area contributed by atoms with E-state index < -0.39 is 15.1 Å². The zero-order valence-electron chi connectivity index (χ0n) is 68.7. The highest BCUT2D eigenvalue weighted by Crippen LogP contribution is 2.27. The lowest BCUT2D eigenvalue weighted by molar-refractivity contribution is -0.385. The molecule has 644 valence electrons. The van der Waals surface area contributed by atoms with Crippen LogP contribution in [0.1, 0.15) is 62.2 Å². The summed E-state index contributed by atoms with van der Waals surface area (Å²) in [7, 11) is 6.57. The minimum absolute atomic E-state index is 0.0219. The Morgan fingerprint density at radius 2 is 0.786 bits per heavy atom. The summed E-state index contributed by atoms with van der Waals surface area (Å²) in [6, 6.07) is 51.8. The topological polar surface area (TPSA) is 441 Å². The van der Waals surface area contributed by atoms with E-state index in [1.54, 1.807) is 80.8 Å². The Morgan fingerprint density at radius 1 is 0.437 bits per heavy atom. The molecule has 0 spiro atoms. The molecule has 7 aromatic heterocycles. The molecule has 0 bridgehead atoms. The van der Waals surface area contributed by atoms with Gasteiger partial charge in [-0.15, -0.1) is 0 Å². The van der Waals surface area contributed by atoms with E-state index >= 15 is 0 Å². The molecule has 0 atom stereocenters. The van der Waals surface area contributed by atoms with Crippen LogP contribution in [-0.4, -0.2) is 198 Å². The van der Waals surface area contributed by atoms with Crippen molar-refractivity contribution in [1.29, 1.82) is 0 Å². The van der Waals surface area contributed by atoms with E-state index in [0.29, 0.717) is 137 Å². The average molecular weight is 1740 g/mol. The number of ketones is 1. The van der Waals surface area contributed by atoms with Gasteiger partial charge in [-0.25, -0.2) is 29.9 Å². The number of ether oxygens (including phenoxy) is 8. The summed E-state index contributed by atoms with van der Waals surface area (Å²) in [5, 5.41) is 36.9. The number of allylic oxidation sites excluding steroid dienone is 2. The van der Waals surface area contributed by atoms with E-state index in [9.17, 15) is 29.8 Å². The third-order valence-electron chi connectivity index (χ3n) is 17.9. The molecule has 16 rings (SSSR count). The van der Waals surface area contributed by atoms with Crippen molar-refractivity contribution in [1.82, 2.24) is 89.1 Å². The maximum Gasteiger partial charge on any atom is 0.271 e. The van der Waals surface area contributed by atoms with Gasteiger partial charge in [0.05, 0.1) is 78.0 Å². The SMILES string of the molecule is C=CC(=O)Cc1ccc2cnn(-c3ncnc(Cc4ccc(OCCOC)cc4)n3)c2c1.C=CC(=O)Cl.COCCOc1ccc(Cc2ncnc(-n3ncc4ccc(N)cc43)n2)cc1.COCCOc1ccc(Cc2ncnc(-n3ncc4ccc([N+](=O)[O-])cc43)n2)cc1.COCCOc1ccc(Cc2ncnc(Cl)n2)cc1.O=[N+]([O-])c1ccc2c(c1)CN=C2. The smallest absolute Gasteiger partial charge is 0.271 e. The first-order chi connectivity index (χ1) is 61.3. The monoisotopic (exact) mass is 1740 g/mol. The molecule has 1 aliphatic heterocycles. The first-order valence-electron chi connectivity index (χ1n) is 38.6. The minimum atomic E-state index is -0.509. The van der Waals surface area contributed by atoms with Gasteiger partial charge >= 0.3 is 0 Å². The van der Waals surface area contributed by atoms with Crippen LogP contribution in [0.2, 0.25) is 5.28 Å². The number of hydrogen-bond donors (Lipinski definition) is 1. The summed E-state index contributed by atoms with van der Waals surface area (Å²) in [5.74, 6) is 6.81. The Kier molecular flexibility index (Phi) is 34.5. The Hall–Kier alpha value is -15.1. The molecule has 36 nitrogen and oxygen atoms in total. The number of carbonyl (C=O) groups is 2. The van der Waals surface area contributed by atoms with Gasteiger partial charge in [-0.3, -0.25) is 34.8 Å². The lowest BCUT2D eigenvalue weighted by Crippen LogP contribution is -2.07. The molecule has 15 aromatic rings. The van der Waals surface area contributed by atoms with Crippen molar-refractivity contribution in [3.63, 3.8) is 0 Å². The summed E-state index contributed by atoms with van der Waals surface area (Å²) in [4.78, 5) is 96.9. The van der Waals surface area contributed by atoms with Crippen LogP contribution in [0, 0.1) is 20.2 Å². The maximum atomic E-state index is 11.7. The molecular weight excluding hydrogens is 1660 g/mol. The summed E-state index contributed by atoms with van der Waals surface area (Å²) in [5.41, 5.74) is 15.9. The van der Waals surface area contributed by atoms with Crippen molar-refractivity contribution >= 4 is 90.2 Å². The minimum Gasteiger partial charge on any atom is -0.491 e. The number of aromatic nitrogens is 18. The Bertz CT molecular complexity index is 6190. The first-order valence-corrected chi connectivity index (χ1v) is 39.4. The van der Waals surface area contributed by atoms with Gasteiger partial charge in [0.15, 0.2) is 5.78 Å². The molecule has 0 aliphatic carbocycles. The number of non-ortho nitro benzene ring substituents is 2. The molecule has 38 heteroatoms. The third-order valence-corrected chi connectivity index (χ3v) is 18.3. The number of nitrogens with zero attached hydrogens (tertiary/aromatic N) is 21. The number of rotatable bonds is 33. The van der Waals surface area contributed by atoms with Crippen molar-refractivity contribution in [2.24, 2.45) is 4.99 Å². The molecule has 126 heavy (non-hydrogen) atoms. The zero-order valence-corrected chi connectivity index (χ0v) is 70.2. The molecule has 8 aromatic carbocycles. The lowest BCUT2D eigenvalue weighted by atomic mass is 10.1. The van der Waals surface area contributed by atoms with Gasteiger partial charge in [-0.1, -0.05) is 73.8 Å². The van der Waals surface area contributed by atoms with Gasteiger partial charge < -0.3 is 43.6 Å². The Morgan fingerprint density at radius 3 is 1.17 bits per heavy atom. The van der Waals surface area contributed by atoms with Crippen molar-refractivity contribution < 1.29 is 57.3 Å². The number of anilines is 1. The number of fused-ring (bicyclic) bond motifs is 4. The molecule has 2 N–H and O–H groups in total. The second-order valence-electron chi connectivity index (χ2n) is 26.8. The van der Waals surface area contributed by atoms with E-state index in [4.69, 9.17) is 66.8 Å². The quantitative estimate of drug-likeness (QED) is 0.00996. The van der Waals surface area contributed by atoms with Crippen LogP contribution >= 0.6 is 23.2 Å². The number of methoxy groups -OCH3 is 4. The molecule has 0 radical (unpaired) electrons. The highest BCUT2D eigenvalue weighted by molar-refractivity contribution is 6.66. The second-order valence-corrected chi connectivity index (χ2v) is 27.5. The summed E-state index contributed by atoms with van der Waals surface area (Å²) >= 11 is 10.4. The normalized spacial score (nSPS) is 10.9. The van der Waals surface area contributed by atoms with E-state index in [0.717, 1.165) is 95.2 Å². The highest BCUT2D eigenvalue weighted by Gasteiger charge is 2.18. The fourth-order valence-corrected chi connectivity index (χ4v) is 11.9. The number of aliphatic imine (C=N–C) groups is 1. The van der Waals surface area contributed by atoms with Gasteiger partial charge in [-0.2, -0.15) is 59.2 Å². The molecule has 0 saturated carbocycles. The van der Waals surface area contributed by atoms with Crippen LogP contribution in [0.5, 0.6) is 23.0 Å². The van der Waals surface area contributed by atoms with Crippen LogP contribution in [0.15, 0.2) is 244 Å². The molecule has 0 saturated heterocycles. The number of nitro groups is 2. The van der Waals surface area contributed by atoms with E-state index in [-0.39, 0.29) is 28.9 Å². The van der Waals surface area contributed by atoms with Crippen molar-refractivity contribution in [3.8, 4) is 40.8 Å². The van der Waals surface area contributed by atoms with Crippen molar-refractivity contribution in [2.45, 2.75) is 38.6 Å². The number of hydrogen-bond acceptors (Lipinski definition) is 31. The highest BCUT2D eigenvalue weighted by atomic mass is 35.5. The molecule has 0 fully saturated rings. The molecular formula is C88H84Cl2N22O14. The van der Waals surface area contributed by atoms with Gasteiger partial charge in [0.2, 0.25) is 10.5 Å². The first kappa shape index (κ1) is 91.7. The number of nitrogen functional groups attached to an aromatic ring is 1. The van der Waals surface area contributed by atoms with Crippen LogP contribution in [0.3, 0.4) is 0 Å². The number of halogens is 2. The Balaban J connectivity index is 0.000000155. The largest absolute Gasteiger partial charge is 0.491 e. The van der Waals surface area contributed by atoms with E-state index in [1.165, 1.54) is 54.3 Å². The standard InChI is InChI=1S/C24H23N5O3.C20H18N6O4.C20H20N6O2.C13H14ClN3O2.C8H6N2O2.C3H3ClO/c1-3-20(30)12-18-4-7-19-15-27-29(22(19)13-18)24-26-16-25-23(28-24)14-17-5-8-21(9-6-17)32-11-10-31-2;1-29-8-9-30-17-6-2-14(3-7-17)10-19-21-13-22-20(24-19)25-18-11-16(26(27)28)5-4-15(18)12-23-25;1-27-8-9-28-17-6-2-14(3-7-17)10-19-22-13-23-20(25-19)26-18-11-16(21)5-4-15(18)12-24-26;1-18-6-7-19-11-4-2-10(3-5-11)8-12-15-9-16-13(14)17-12;11-10(12)8-2-1-6-4-9-5-7(6)3-8;1-2-3(4)5/h3-9,13,15-16H,1,10-12,14H2,2H3;2-7,11-13H,8-10H2,1H3;2-7,11-13H,8-10,21H2,1H3;2-5,9H,6-8H2,1H3;1-4H,5H2;2H,1H2. The fraction of sp³-hybridized carbons (Fsp3) is 0.205. The van der Waals surface area contributed by atoms with Gasteiger partial charge in [0.25, 0.3) is 29.2 Å².